The number of hydrogen-bond donors (Lipinski definition) is 2. The van der Waals surface area contributed by atoms with E-state index in [2.05, 4.69) is 60.6 Å². The zero-order valence-electron chi connectivity index (χ0n) is 22.2. The van der Waals surface area contributed by atoms with Gasteiger partial charge in [0.1, 0.15) is 11.5 Å². The minimum absolute atomic E-state index is 0.0000214. The van der Waals surface area contributed by atoms with Gasteiger partial charge >= 0.3 is 5.97 Å². The highest BCUT2D eigenvalue weighted by molar-refractivity contribution is 5.89. The van der Waals surface area contributed by atoms with Crippen LogP contribution in [-0.4, -0.2) is 34.5 Å². The molecule has 5 aliphatic carbocycles. The highest BCUT2D eigenvalue weighted by Gasteiger charge is 2.73. The van der Waals surface area contributed by atoms with Crippen molar-refractivity contribution >= 4 is 5.97 Å². The molecule has 0 aromatic carbocycles. The summed E-state index contributed by atoms with van der Waals surface area (Å²) in [5.41, 5.74) is 1.92. The van der Waals surface area contributed by atoms with E-state index in [1.807, 2.05) is 0 Å². The van der Waals surface area contributed by atoms with Crippen molar-refractivity contribution < 1.29 is 19.7 Å². The minimum Gasteiger partial charge on any atom is -0.457 e. The van der Waals surface area contributed by atoms with Crippen molar-refractivity contribution in [3.63, 3.8) is 0 Å². The van der Waals surface area contributed by atoms with Gasteiger partial charge in [0.15, 0.2) is 0 Å². The Morgan fingerprint density at radius 2 is 1.65 bits per heavy atom. The van der Waals surface area contributed by atoms with Gasteiger partial charge in [0.05, 0.1) is 12.2 Å². The number of aliphatic hydroxyl groups excluding tert-OH is 2. The van der Waals surface area contributed by atoms with Gasteiger partial charge in [0.2, 0.25) is 0 Å². The first kappa shape index (κ1) is 23.3. The third-order valence-corrected chi connectivity index (χ3v) is 12.9. The van der Waals surface area contributed by atoms with Gasteiger partial charge in [-0.25, -0.2) is 0 Å². The van der Waals surface area contributed by atoms with Crippen LogP contribution in [0.1, 0.15) is 93.4 Å². The normalized spacial score (nSPS) is 54.5. The smallest absolute Gasteiger partial charge is 0.320 e. The lowest BCUT2D eigenvalue weighted by molar-refractivity contribution is -0.244. The second kappa shape index (κ2) is 6.40. The molecule has 34 heavy (non-hydrogen) atoms. The number of ether oxygens (including phenoxy) is 1. The van der Waals surface area contributed by atoms with Crippen LogP contribution in [0.15, 0.2) is 23.3 Å². The Morgan fingerprint density at radius 3 is 2.32 bits per heavy atom. The molecule has 2 N–H and O–H groups in total. The molecule has 4 nitrogen and oxygen atoms in total. The maximum atomic E-state index is 13.0. The van der Waals surface area contributed by atoms with E-state index in [-0.39, 0.29) is 39.1 Å². The molecule has 1 saturated heterocycles. The second-order valence-corrected chi connectivity index (χ2v) is 14.9. The number of rotatable bonds is 0. The van der Waals surface area contributed by atoms with Crippen LogP contribution in [0.2, 0.25) is 0 Å². The van der Waals surface area contributed by atoms with E-state index in [4.69, 9.17) is 4.74 Å². The molecule has 0 amide bonds. The fraction of sp³-hybridized carbons (Fsp3) is 0.833. The van der Waals surface area contributed by atoms with E-state index in [1.165, 1.54) is 11.1 Å². The van der Waals surface area contributed by atoms with Crippen LogP contribution < -0.4 is 0 Å². The summed E-state index contributed by atoms with van der Waals surface area (Å²) in [7, 11) is 0. The van der Waals surface area contributed by atoms with Crippen molar-refractivity contribution in [2.45, 2.75) is 112 Å². The van der Waals surface area contributed by atoms with E-state index in [1.54, 1.807) is 0 Å². The standard InChI is InChI=1S/C30H44O4/c1-25(2)16-18-17-8-9-20-27(5)12-11-21(31)26(3,4)19(27)10-13-29(20,7)28(17,6)14-15-30(18)23(22(25)32)34-24(30)33/h8-9,19-23,31-32H,10-16H2,1-7H3/t19-,20-,21-,22-,23-,27+,28-,29-,30+/m1/s1. The summed E-state index contributed by atoms with van der Waals surface area (Å²) in [6, 6.07) is 0. The highest BCUT2D eigenvalue weighted by Crippen LogP contribution is 2.75. The molecule has 9 atom stereocenters. The Balaban J connectivity index is 1.52. The van der Waals surface area contributed by atoms with Crippen LogP contribution in [0.3, 0.4) is 0 Å². The zero-order chi connectivity index (χ0) is 24.7. The average molecular weight is 469 g/mol. The maximum Gasteiger partial charge on any atom is 0.320 e. The van der Waals surface area contributed by atoms with Crippen LogP contribution in [0.5, 0.6) is 0 Å². The number of esters is 1. The van der Waals surface area contributed by atoms with Gasteiger partial charge in [0.25, 0.3) is 0 Å². The first-order valence-electron chi connectivity index (χ1n) is 13.7. The lowest BCUT2D eigenvalue weighted by Crippen LogP contribution is -2.71. The van der Waals surface area contributed by atoms with E-state index < -0.39 is 17.6 Å². The van der Waals surface area contributed by atoms with Crippen LogP contribution in [0, 0.1) is 44.3 Å². The summed E-state index contributed by atoms with van der Waals surface area (Å²) < 4.78 is 5.64. The molecule has 0 aromatic heterocycles. The van der Waals surface area contributed by atoms with Crippen LogP contribution in [0.4, 0.5) is 0 Å². The summed E-state index contributed by atoms with van der Waals surface area (Å²) in [6.45, 7) is 16.3. The lowest BCUT2D eigenvalue weighted by atomic mass is 9.35. The Kier molecular flexibility index (Phi) is 4.38. The fourth-order valence-corrected chi connectivity index (χ4v) is 10.4. The molecule has 1 heterocycles. The molecule has 0 radical (unpaired) electrons. The third-order valence-electron chi connectivity index (χ3n) is 12.9. The van der Waals surface area contributed by atoms with Crippen molar-refractivity contribution in [3.8, 4) is 0 Å². The molecule has 4 fully saturated rings. The molecule has 3 saturated carbocycles. The predicted molar refractivity (Wildman–Crippen MR) is 132 cm³/mol. The molecule has 0 bridgehead atoms. The van der Waals surface area contributed by atoms with Gasteiger partial charge in [0, 0.05) is 0 Å². The molecule has 6 aliphatic rings. The molecule has 4 heteroatoms. The molecule has 1 aliphatic heterocycles. The summed E-state index contributed by atoms with van der Waals surface area (Å²) in [5, 5.41) is 22.0. The fourth-order valence-electron chi connectivity index (χ4n) is 10.4. The third kappa shape index (κ3) is 2.32. The Hall–Kier alpha value is -1.13. The molecular formula is C30H44O4. The van der Waals surface area contributed by atoms with Gasteiger partial charge < -0.3 is 14.9 Å². The van der Waals surface area contributed by atoms with Gasteiger partial charge in [-0.15, -0.1) is 0 Å². The lowest BCUT2D eigenvalue weighted by Gasteiger charge is -2.70. The Morgan fingerprint density at radius 1 is 0.941 bits per heavy atom. The minimum atomic E-state index is -0.616. The largest absolute Gasteiger partial charge is 0.457 e. The van der Waals surface area contributed by atoms with Crippen molar-refractivity contribution in [2.24, 2.45) is 44.3 Å². The topological polar surface area (TPSA) is 66.8 Å². The average Bonchev–Trinajstić information content (AvgIpc) is 2.74. The zero-order valence-corrected chi connectivity index (χ0v) is 22.2. The van der Waals surface area contributed by atoms with E-state index in [0.717, 1.165) is 44.9 Å². The first-order valence-corrected chi connectivity index (χ1v) is 13.7. The van der Waals surface area contributed by atoms with Crippen molar-refractivity contribution in [3.05, 3.63) is 23.3 Å². The van der Waals surface area contributed by atoms with E-state index >= 15 is 0 Å². The predicted octanol–water partition coefficient (Wildman–Crippen LogP) is 5.58. The molecular weight excluding hydrogens is 424 g/mol. The van der Waals surface area contributed by atoms with Crippen molar-refractivity contribution in [1.29, 1.82) is 0 Å². The van der Waals surface area contributed by atoms with Crippen LogP contribution >= 0.6 is 0 Å². The van der Waals surface area contributed by atoms with Gasteiger partial charge in [-0.05, 0) is 95.0 Å². The number of fused-ring (bicyclic) bond motifs is 5. The highest BCUT2D eigenvalue weighted by atomic mass is 16.6. The van der Waals surface area contributed by atoms with E-state index in [0.29, 0.717) is 11.8 Å². The molecule has 1 spiro atoms. The second-order valence-electron chi connectivity index (χ2n) is 14.9. The molecule has 6 rings (SSSR count). The monoisotopic (exact) mass is 468 g/mol. The summed E-state index contributed by atoms with van der Waals surface area (Å²) in [6.07, 6.45) is 10.4. The maximum absolute atomic E-state index is 13.0. The summed E-state index contributed by atoms with van der Waals surface area (Å²) >= 11 is 0. The molecule has 188 valence electrons. The Bertz CT molecular complexity index is 1020. The quantitative estimate of drug-likeness (QED) is 0.456. The summed E-state index contributed by atoms with van der Waals surface area (Å²) in [5.74, 6) is 0.852. The van der Waals surface area contributed by atoms with Gasteiger partial charge in [-0.2, -0.15) is 0 Å². The molecule has 0 unspecified atom stereocenters. The van der Waals surface area contributed by atoms with E-state index in [9.17, 15) is 15.0 Å². The Labute approximate surface area is 205 Å². The van der Waals surface area contributed by atoms with Crippen molar-refractivity contribution in [1.82, 2.24) is 0 Å². The van der Waals surface area contributed by atoms with Gasteiger partial charge in [-0.3, -0.25) is 4.79 Å². The number of carbonyl (C=O) groups is 1. The van der Waals surface area contributed by atoms with Crippen LogP contribution in [-0.2, 0) is 9.53 Å². The van der Waals surface area contributed by atoms with Crippen LogP contribution in [0.25, 0.3) is 0 Å². The summed E-state index contributed by atoms with van der Waals surface area (Å²) in [4.78, 5) is 13.0. The van der Waals surface area contributed by atoms with Gasteiger partial charge in [-0.1, -0.05) is 60.6 Å². The first-order chi connectivity index (χ1) is 15.7. The van der Waals surface area contributed by atoms with Crippen molar-refractivity contribution in [2.75, 3.05) is 0 Å². The number of allylic oxidation sites excluding steroid dienone is 3. The molecule has 0 aromatic rings. The SMILES string of the molecule is CC1(C)CC2=C3C=C[C@@H]4[C@@]5(C)CC[C@@H](O)C(C)(C)[C@H]5CC[C@@]4(C)[C@]3(C)CC[C@]23C(=O)O[C@@H]3[C@H]1O. The number of hydrogen-bond acceptors (Lipinski definition) is 4. The number of carbonyl (C=O) groups excluding carboxylic acids is 1. The number of aliphatic hydroxyl groups is 2.